The van der Waals surface area contributed by atoms with Crippen molar-refractivity contribution in [2.45, 2.75) is 18.9 Å². The van der Waals surface area contributed by atoms with Crippen molar-refractivity contribution in [2.24, 2.45) is 5.73 Å². The van der Waals surface area contributed by atoms with E-state index in [9.17, 15) is 4.79 Å². The van der Waals surface area contributed by atoms with E-state index in [1.807, 2.05) is 6.07 Å². The first-order valence-electron chi connectivity index (χ1n) is 4.30. The average Bonchev–Trinajstić information content (AvgIpc) is 2.47. The summed E-state index contributed by atoms with van der Waals surface area (Å²) < 4.78 is 0. The maximum atomic E-state index is 10.7. The monoisotopic (exact) mass is 213 g/mol. The molecule has 0 aromatic heterocycles. The zero-order valence-corrected chi connectivity index (χ0v) is 8.38. The van der Waals surface area contributed by atoms with Crippen LogP contribution in [-0.4, -0.2) is 11.1 Å². The van der Waals surface area contributed by atoms with Crippen LogP contribution in [0.5, 0.6) is 0 Å². The van der Waals surface area contributed by atoms with Crippen molar-refractivity contribution < 1.29 is 9.90 Å². The van der Waals surface area contributed by atoms with Crippen molar-refractivity contribution in [1.29, 1.82) is 0 Å². The van der Waals surface area contributed by atoms with Gasteiger partial charge >= 0.3 is 5.97 Å². The van der Waals surface area contributed by atoms with Crippen molar-refractivity contribution >= 4 is 18.4 Å². The number of benzene rings is 1. The molecule has 0 saturated carbocycles. The summed E-state index contributed by atoms with van der Waals surface area (Å²) in [5, 5.41) is 8.76. The molecule has 76 valence electrons. The fraction of sp³-hybridized carbons (Fsp3) is 0.300. The molecule has 1 unspecified atom stereocenters. The predicted octanol–water partition coefficient (Wildman–Crippen LogP) is 1.75. The van der Waals surface area contributed by atoms with Crippen molar-refractivity contribution in [3.8, 4) is 0 Å². The maximum absolute atomic E-state index is 10.7. The lowest BCUT2D eigenvalue weighted by atomic mass is 10.0. The number of carboxylic acids is 1. The van der Waals surface area contributed by atoms with Crippen molar-refractivity contribution in [3.63, 3.8) is 0 Å². The van der Waals surface area contributed by atoms with E-state index in [0.717, 1.165) is 18.4 Å². The lowest BCUT2D eigenvalue weighted by Gasteiger charge is -2.04. The van der Waals surface area contributed by atoms with Crippen LogP contribution in [0.15, 0.2) is 18.2 Å². The number of hydrogen-bond acceptors (Lipinski definition) is 2. The molecule has 0 heterocycles. The number of hydrogen-bond donors (Lipinski definition) is 2. The molecule has 1 aromatic carbocycles. The highest BCUT2D eigenvalue weighted by atomic mass is 35.5. The quantitative estimate of drug-likeness (QED) is 0.747. The standard InChI is InChI=1S/C10H11NO2.ClH/c11-9-4-3-6-1-2-7(10(12)13)5-8(6)9;/h1-2,5,9H,3-4,11H2,(H,12,13);1H. The fourth-order valence-corrected chi connectivity index (χ4v) is 1.77. The average molecular weight is 214 g/mol. The minimum absolute atomic E-state index is 0. The van der Waals surface area contributed by atoms with Crippen LogP contribution in [0.2, 0.25) is 0 Å². The number of aryl methyl sites for hydroxylation is 1. The van der Waals surface area contributed by atoms with Crippen molar-refractivity contribution in [2.75, 3.05) is 0 Å². The van der Waals surface area contributed by atoms with Crippen LogP contribution in [0, 0.1) is 0 Å². The number of halogens is 1. The molecule has 0 fully saturated rings. The number of rotatable bonds is 1. The largest absolute Gasteiger partial charge is 0.478 e. The molecule has 1 atom stereocenters. The van der Waals surface area contributed by atoms with Crippen LogP contribution in [0.4, 0.5) is 0 Å². The summed E-state index contributed by atoms with van der Waals surface area (Å²) in [6.07, 6.45) is 1.90. The van der Waals surface area contributed by atoms with Gasteiger partial charge in [-0.1, -0.05) is 6.07 Å². The van der Waals surface area contributed by atoms with Crippen molar-refractivity contribution in [1.82, 2.24) is 0 Å². The molecule has 0 bridgehead atoms. The van der Waals surface area contributed by atoms with Gasteiger partial charge in [-0.15, -0.1) is 12.4 Å². The van der Waals surface area contributed by atoms with Gasteiger partial charge in [-0.2, -0.15) is 0 Å². The van der Waals surface area contributed by atoms with Gasteiger partial charge in [0.25, 0.3) is 0 Å². The molecule has 3 N–H and O–H groups in total. The normalized spacial score (nSPS) is 18.5. The molecule has 2 rings (SSSR count). The summed E-state index contributed by atoms with van der Waals surface area (Å²) in [5.74, 6) is -0.887. The maximum Gasteiger partial charge on any atom is 0.335 e. The van der Waals surface area contributed by atoms with Gasteiger partial charge < -0.3 is 10.8 Å². The third-order valence-corrected chi connectivity index (χ3v) is 2.52. The highest BCUT2D eigenvalue weighted by Crippen LogP contribution is 2.29. The second-order valence-electron chi connectivity index (χ2n) is 3.36. The van der Waals surface area contributed by atoms with Gasteiger partial charge in [-0.05, 0) is 36.1 Å². The minimum atomic E-state index is -0.887. The topological polar surface area (TPSA) is 63.3 Å². The lowest BCUT2D eigenvalue weighted by Crippen LogP contribution is -2.06. The third kappa shape index (κ3) is 1.74. The van der Waals surface area contributed by atoms with Gasteiger partial charge in [0.2, 0.25) is 0 Å². The highest BCUT2D eigenvalue weighted by Gasteiger charge is 2.19. The zero-order chi connectivity index (χ0) is 9.42. The fourth-order valence-electron chi connectivity index (χ4n) is 1.77. The molecule has 1 aromatic rings. The van der Waals surface area contributed by atoms with Gasteiger partial charge in [-0.25, -0.2) is 4.79 Å². The Morgan fingerprint density at radius 2 is 2.21 bits per heavy atom. The Kier molecular flexibility index (Phi) is 3.13. The van der Waals surface area contributed by atoms with Crippen LogP contribution in [-0.2, 0) is 6.42 Å². The van der Waals surface area contributed by atoms with Gasteiger partial charge in [0.05, 0.1) is 5.56 Å². The Morgan fingerprint density at radius 1 is 1.50 bits per heavy atom. The Bertz CT molecular complexity index is 365. The number of nitrogens with two attached hydrogens (primary N) is 1. The van der Waals surface area contributed by atoms with E-state index < -0.39 is 5.97 Å². The SMILES string of the molecule is Cl.NC1CCc2ccc(C(=O)O)cc21. The van der Waals surface area contributed by atoms with Crippen LogP contribution in [0.1, 0.15) is 33.9 Å². The molecule has 0 aliphatic heterocycles. The van der Waals surface area contributed by atoms with E-state index in [4.69, 9.17) is 10.8 Å². The van der Waals surface area contributed by atoms with Crippen molar-refractivity contribution in [3.05, 3.63) is 34.9 Å². The summed E-state index contributed by atoms with van der Waals surface area (Å²) in [6.45, 7) is 0. The number of aromatic carboxylic acids is 1. The van der Waals surface area contributed by atoms with E-state index >= 15 is 0 Å². The summed E-state index contributed by atoms with van der Waals surface area (Å²) >= 11 is 0. The molecule has 0 amide bonds. The second-order valence-corrected chi connectivity index (χ2v) is 3.36. The molecule has 3 nitrogen and oxygen atoms in total. The number of carbonyl (C=O) groups is 1. The first-order valence-corrected chi connectivity index (χ1v) is 4.30. The van der Waals surface area contributed by atoms with Gasteiger partial charge in [0, 0.05) is 6.04 Å². The van der Waals surface area contributed by atoms with Gasteiger partial charge in [0.1, 0.15) is 0 Å². The Morgan fingerprint density at radius 3 is 2.86 bits per heavy atom. The van der Waals surface area contributed by atoms with E-state index in [-0.39, 0.29) is 18.4 Å². The van der Waals surface area contributed by atoms with Crippen LogP contribution in [0.25, 0.3) is 0 Å². The van der Waals surface area contributed by atoms with Gasteiger partial charge in [0.15, 0.2) is 0 Å². The second kappa shape index (κ2) is 3.98. The van der Waals surface area contributed by atoms with Gasteiger partial charge in [-0.3, -0.25) is 0 Å². The minimum Gasteiger partial charge on any atom is -0.478 e. The Labute approximate surface area is 88.3 Å². The lowest BCUT2D eigenvalue weighted by molar-refractivity contribution is 0.0697. The molecule has 0 spiro atoms. The number of carboxylic acid groups (broad SMARTS) is 1. The summed E-state index contributed by atoms with van der Waals surface area (Å²) in [5.41, 5.74) is 8.34. The number of fused-ring (bicyclic) bond motifs is 1. The van der Waals surface area contributed by atoms with Crippen LogP contribution < -0.4 is 5.73 Å². The smallest absolute Gasteiger partial charge is 0.335 e. The summed E-state index contributed by atoms with van der Waals surface area (Å²) in [6, 6.07) is 5.22. The van der Waals surface area contributed by atoms with E-state index in [1.54, 1.807) is 12.1 Å². The summed E-state index contributed by atoms with van der Waals surface area (Å²) in [7, 11) is 0. The van der Waals surface area contributed by atoms with Crippen LogP contribution >= 0.6 is 12.4 Å². The molecule has 14 heavy (non-hydrogen) atoms. The van der Waals surface area contributed by atoms with E-state index in [0.29, 0.717) is 5.56 Å². The van der Waals surface area contributed by atoms with E-state index in [2.05, 4.69) is 0 Å². The molecular weight excluding hydrogens is 202 g/mol. The Hall–Kier alpha value is -1.06. The molecule has 0 radical (unpaired) electrons. The molecule has 4 heteroatoms. The molecule has 1 aliphatic rings. The zero-order valence-electron chi connectivity index (χ0n) is 7.56. The molecule has 0 saturated heterocycles. The van der Waals surface area contributed by atoms with Crippen LogP contribution in [0.3, 0.4) is 0 Å². The molecular formula is C10H12ClNO2. The first-order chi connectivity index (χ1) is 6.18. The molecule has 1 aliphatic carbocycles. The highest BCUT2D eigenvalue weighted by molar-refractivity contribution is 5.88. The Balaban J connectivity index is 0.000000980. The first kappa shape index (κ1) is 11.0. The third-order valence-electron chi connectivity index (χ3n) is 2.52. The van der Waals surface area contributed by atoms with E-state index in [1.165, 1.54) is 5.56 Å². The predicted molar refractivity (Wildman–Crippen MR) is 55.9 cm³/mol. The summed E-state index contributed by atoms with van der Waals surface area (Å²) in [4.78, 5) is 10.7.